The fourth-order valence-corrected chi connectivity index (χ4v) is 3.63. The van der Waals surface area contributed by atoms with Crippen LogP contribution in [0.5, 0.6) is 0 Å². The van der Waals surface area contributed by atoms with E-state index in [1.807, 2.05) is 31.4 Å². The molecule has 0 saturated carbocycles. The molecule has 0 unspecified atom stereocenters. The van der Waals surface area contributed by atoms with Crippen molar-refractivity contribution in [1.82, 2.24) is 5.32 Å². The van der Waals surface area contributed by atoms with Crippen molar-refractivity contribution in [2.75, 3.05) is 12.4 Å². The molecule has 20 heavy (non-hydrogen) atoms. The summed E-state index contributed by atoms with van der Waals surface area (Å²) >= 11 is 2.98. The van der Waals surface area contributed by atoms with E-state index in [-0.39, 0.29) is 11.8 Å². The van der Waals surface area contributed by atoms with Gasteiger partial charge in [0.15, 0.2) is 0 Å². The molecule has 2 aromatic heterocycles. The van der Waals surface area contributed by atoms with Gasteiger partial charge in [0.2, 0.25) is 5.91 Å². The predicted molar refractivity (Wildman–Crippen MR) is 83.8 cm³/mol. The van der Waals surface area contributed by atoms with Crippen LogP contribution < -0.4 is 10.6 Å². The molecule has 4 nitrogen and oxygen atoms in total. The van der Waals surface area contributed by atoms with Crippen molar-refractivity contribution in [3.63, 3.8) is 0 Å². The Morgan fingerprint density at radius 3 is 2.65 bits per heavy atom. The first-order valence-electron chi connectivity index (χ1n) is 6.17. The maximum atomic E-state index is 12.0. The number of thiophene rings is 2. The molecule has 2 heterocycles. The van der Waals surface area contributed by atoms with E-state index in [0.29, 0.717) is 17.0 Å². The molecule has 0 aliphatic rings. The average molecular weight is 308 g/mol. The molecule has 0 aliphatic carbocycles. The summed E-state index contributed by atoms with van der Waals surface area (Å²) in [6, 6.07) is 3.84. The van der Waals surface area contributed by atoms with Crippen LogP contribution in [0.4, 0.5) is 5.00 Å². The Labute approximate surface area is 125 Å². The van der Waals surface area contributed by atoms with Gasteiger partial charge in [-0.25, -0.2) is 0 Å². The van der Waals surface area contributed by atoms with Gasteiger partial charge in [-0.05, 0) is 30.9 Å². The molecule has 2 N–H and O–H groups in total. The van der Waals surface area contributed by atoms with E-state index in [4.69, 9.17) is 0 Å². The molecular formula is C14H16N2O2S2. The molecule has 0 radical (unpaired) electrons. The van der Waals surface area contributed by atoms with Gasteiger partial charge in [-0.15, -0.1) is 22.7 Å². The lowest BCUT2D eigenvalue weighted by atomic mass is 10.1. The molecular weight excluding hydrogens is 292 g/mol. The number of aryl methyl sites for hydroxylation is 1. The van der Waals surface area contributed by atoms with Gasteiger partial charge in [-0.2, -0.15) is 0 Å². The Morgan fingerprint density at radius 1 is 1.30 bits per heavy atom. The number of anilines is 1. The van der Waals surface area contributed by atoms with Gasteiger partial charge in [0, 0.05) is 16.8 Å². The second-order valence-corrected chi connectivity index (χ2v) is 6.63. The third-order valence-electron chi connectivity index (χ3n) is 3.01. The highest BCUT2D eigenvalue weighted by atomic mass is 32.1. The van der Waals surface area contributed by atoms with Gasteiger partial charge in [0.1, 0.15) is 5.00 Å². The molecule has 0 atom stereocenters. The van der Waals surface area contributed by atoms with Crippen LogP contribution in [0.2, 0.25) is 0 Å². The van der Waals surface area contributed by atoms with Crippen LogP contribution in [-0.2, 0) is 11.2 Å². The van der Waals surface area contributed by atoms with Crippen molar-refractivity contribution in [3.8, 4) is 0 Å². The average Bonchev–Trinajstić information content (AvgIpc) is 2.99. The van der Waals surface area contributed by atoms with E-state index in [2.05, 4.69) is 10.6 Å². The van der Waals surface area contributed by atoms with Crippen LogP contribution in [0.1, 0.15) is 25.7 Å². The van der Waals surface area contributed by atoms with E-state index in [1.54, 1.807) is 18.4 Å². The molecule has 2 amide bonds. The maximum absolute atomic E-state index is 12.0. The summed E-state index contributed by atoms with van der Waals surface area (Å²) in [6.07, 6.45) is 0.334. The topological polar surface area (TPSA) is 58.2 Å². The summed E-state index contributed by atoms with van der Waals surface area (Å²) in [5.74, 6) is -0.267. The Bertz CT molecular complexity index is 630. The Balaban J connectivity index is 2.18. The summed E-state index contributed by atoms with van der Waals surface area (Å²) in [5.41, 5.74) is 1.48. The minimum absolute atomic E-state index is 0.0983. The highest BCUT2D eigenvalue weighted by Crippen LogP contribution is 2.32. The second kappa shape index (κ2) is 6.19. The van der Waals surface area contributed by atoms with Crippen LogP contribution in [0, 0.1) is 13.8 Å². The van der Waals surface area contributed by atoms with Gasteiger partial charge >= 0.3 is 0 Å². The summed E-state index contributed by atoms with van der Waals surface area (Å²) < 4.78 is 0. The van der Waals surface area contributed by atoms with Crippen LogP contribution >= 0.6 is 22.7 Å². The van der Waals surface area contributed by atoms with Crippen molar-refractivity contribution < 1.29 is 9.59 Å². The summed E-state index contributed by atoms with van der Waals surface area (Å²) in [4.78, 5) is 26.0. The molecule has 0 spiro atoms. The minimum Gasteiger partial charge on any atom is -0.355 e. The molecule has 2 aromatic rings. The van der Waals surface area contributed by atoms with E-state index >= 15 is 0 Å². The third-order valence-corrected chi connectivity index (χ3v) is 5.01. The number of hydrogen-bond donors (Lipinski definition) is 2. The van der Waals surface area contributed by atoms with E-state index in [9.17, 15) is 9.59 Å². The molecule has 0 fully saturated rings. The highest BCUT2D eigenvalue weighted by Gasteiger charge is 2.20. The lowest BCUT2D eigenvalue weighted by Gasteiger charge is -2.06. The fourth-order valence-electron chi connectivity index (χ4n) is 1.86. The predicted octanol–water partition coefficient (Wildman–Crippen LogP) is 2.97. The SMILES string of the molecule is CNC(=O)c1c(NC(=O)Cc2cccs2)sc(C)c1C. The summed E-state index contributed by atoms with van der Waals surface area (Å²) in [5, 5.41) is 8.03. The van der Waals surface area contributed by atoms with Crippen molar-refractivity contribution in [1.29, 1.82) is 0 Å². The number of hydrogen-bond acceptors (Lipinski definition) is 4. The first kappa shape index (κ1) is 14.7. The first-order chi connectivity index (χ1) is 9.52. The fraction of sp³-hybridized carbons (Fsp3) is 0.286. The third kappa shape index (κ3) is 3.08. The zero-order valence-electron chi connectivity index (χ0n) is 11.6. The number of carbonyl (C=O) groups is 2. The van der Waals surface area contributed by atoms with Crippen LogP contribution in [0.15, 0.2) is 17.5 Å². The van der Waals surface area contributed by atoms with Crippen LogP contribution in [-0.4, -0.2) is 18.9 Å². The smallest absolute Gasteiger partial charge is 0.254 e. The van der Waals surface area contributed by atoms with Gasteiger partial charge in [-0.3, -0.25) is 9.59 Å². The molecule has 106 valence electrons. The standard InChI is InChI=1S/C14H16N2O2S2/c1-8-9(2)20-14(12(8)13(18)15-3)16-11(17)7-10-5-4-6-19-10/h4-6H,7H2,1-3H3,(H,15,18)(H,16,17). The van der Waals surface area contributed by atoms with Crippen molar-refractivity contribution in [2.24, 2.45) is 0 Å². The van der Waals surface area contributed by atoms with Gasteiger partial charge in [-0.1, -0.05) is 6.07 Å². The van der Waals surface area contributed by atoms with Crippen molar-refractivity contribution >= 4 is 39.5 Å². The monoisotopic (exact) mass is 308 g/mol. The Morgan fingerprint density at radius 2 is 2.05 bits per heavy atom. The molecule has 2 rings (SSSR count). The normalized spacial score (nSPS) is 10.3. The van der Waals surface area contributed by atoms with E-state index in [0.717, 1.165) is 15.3 Å². The van der Waals surface area contributed by atoms with Crippen molar-refractivity contribution in [2.45, 2.75) is 20.3 Å². The molecule has 0 bridgehead atoms. The van der Waals surface area contributed by atoms with Crippen LogP contribution in [0.25, 0.3) is 0 Å². The molecule has 0 saturated heterocycles. The maximum Gasteiger partial charge on any atom is 0.254 e. The Hall–Kier alpha value is -1.66. The second-order valence-electron chi connectivity index (χ2n) is 4.37. The van der Waals surface area contributed by atoms with Gasteiger partial charge < -0.3 is 10.6 Å². The zero-order chi connectivity index (χ0) is 14.7. The van der Waals surface area contributed by atoms with Gasteiger partial charge in [0.05, 0.1) is 12.0 Å². The molecule has 0 aliphatic heterocycles. The van der Waals surface area contributed by atoms with Crippen LogP contribution in [0.3, 0.4) is 0 Å². The number of nitrogens with one attached hydrogen (secondary N) is 2. The van der Waals surface area contributed by atoms with Gasteiger partial charge in [0.25, 0.3) is 5.91 Å². The lowest BCUT2D eigenvalue weighted by molar-refractivity contribution is -0.115. The van der Waals surface area contributed by atoms with E-state index < -0.39 is 0 Å². The number of amides is 2. The summed E-state index contributed by atoms with van der Waals surface area (Å²) in [7, 11) is 1.59. The summed E-state index contributed by atoms with van der Waals surface area (Å²) in [6.45, 7) is 3.84. The lowest BCUT2D eigenvalue weighted by Crippen LogP contribution is -2.21. The Kier molecular flexibility index (Phi) is 4.57. The number of carbonyl (C=O) groups excluding carboxylic acids is 2. The molecule has 0 aromatic carbocycles. The molecule has 6 heteroatoms. The highest BCUT2D eigenvalue weighted by molar-refractivity contribution is 7.16. The quantitative estimate of drug-likeness (QED) is 0.912. The zero-order valence-corrected chi connectivity index (χ0v) is 13.2. The largest absolute Gasteiger partial charge is 0.355 e. The minimum atomic E-state index is -0.168. The first-order valence-corrected chi connectivity index (χ1v) is 7.86. The number of rotatable bonds is 4. The van der Waals surface area contributed by atoms with E-state index in [1.165, 1.54) is 11.3 Å². The van der Waals surface area contributed by atoms with Crippen molar-refractivity contribution in [3.05, 3.63) is 38.4 Å².